The van der Waals surface area contributed by atoms with Gasteiger partial charge in [0, 0.05) is 19.6 Å². The normalized spacial score (nSPS) is 11.3. The Morgan fingerprint density at radius 1 is 0.722 bits per heavy atom. The van der Waals surface area contributed by atoms with Gasteiger partial charge in [-0.1, -0.05) is 59.3 Å². The lowest BCUT2D eigenvalue weighted by Crippen LogP contribution is -2.24. The number of nitrogens with zero attached hydrogens (tertiary/aromatic N) is 2. The summed E-state index contributed by atoms with van der Waals surface area (Å²) < 4.78 is 0. The van der Waals surface area contributed by atoms with Gasteiger partial charge in [0.05, 0.1) is 6.34 Å². The molecule has 0 radical (unpaired) electrons. The largest absolute Gasteiger partial charge is 0.363 e. The molecule has 0 heterocycles. The third kappa shape index (κ3) is 11.9. The Labute approximate surface area is 115 Å². The van der Waals surface area contributed by atoms with Gasteiger partial charge in [-0.3, -0.25) is 4.99 Å². The Kier molecular flexibility index (Phi) is 14.1. The first-order valence-corrected chi connectivity index (χ1v) is 8.09. The van der Waals surface area contributed by atoms with E-state index in [0.717, 1.165) is 6.54 Å². The lowest BCUT2D eigenvalue weighted by Gasteiger charge is -2.19. The van der Waals surface area contributed by atoms with E-state index < -0.39 is 0 Å². The third-order valence-electron chi connectivity index (χ3n) is 3.23. The van der Waals surface area contributed by atoms with E-state index in [-0.39, 0.29) is 0 Å². The zero-order chi connectivity index (χ0) is 13.5. The average molecular weight is 254 g/mol. The molecule has 0 aromatic heterocycles. The molecule has 0 bridgehead atoms. The van der Waals surface area contributed by atoms with Crippen molar-refractivity contribution in [3.63, 3.8) is 0 Å². The summed E-state index contributed by atoms with van der Waals surface area (Å²) in [5.41, 5.74) is 0. The molecule has 2 nitrogen and oxygen atoms in total. The van der Waals surface area contributed by atoms with Crippen molar-refractivity contribution >= 4 is 6.34 Å². The Bertz CT molecular complexity index is 168. The van der Waals surface area contributed by atoms with E-state index >= 15 is 0 Å². The topological polar surface area (TPSA) is 15.6 Å². The molecular formula is C16H34N2. The summed E-state index contributed by atoms with van der Waals surface area (Å²) in [7, 11) is 0. The van der Waals surface area contributed by atoms with Crippen LogP contribution in [0.4, 0.5) is 0 Å². The van der Waals surface area contributed by atoms with Crippen molar-refractivity contribution in [1.82, 2.24) is 4.90 Å². The Hall–Kier alpha value is -0.530. The highest BCUT2D eigenvalue weighted by Crippen LogP contribution is 2.01. The summed E-state index contributed by atoms with van der Waals surface area (Å²) in [6.07, 6.45) is 13.9. The quantitative estimate of drug-likeness (QED) is 0.260. The van der Waals surface area contributed by atoms with Crippen LogP contribution in [-0.4, -0.2) is 30.9 Å². The van der Waals surface area contributed by atoms with Crippen LogP contribution in [0.3, 0.4) is 0 Å². The van der Waals surface area contributed by atoms with E-state index in [2.05, 4.69) is 37.0 Å². The molecule has 0 aromatic carbocycles. The Balaban J connectivity index is 3.78. The van der Waals surface area contributed by atoms with Gasteiger partial charge in [-0.05, 0) is 19.3 Å². The smallest absolute Gasteiger partial charge is 0.0849 e. The molecule has 0 rings (SSSR count). The molecule has 0 fully saturated rings. The third-order valence-corrected chi connectivity index (χ3v) is 3.23. The molecule has 0 aliphatic rings. The maximum absolute atomic E-state index is 4.57. The minimum absolute atomic E-state index is 1.01. The van der Waals surface area contributed by atoms with Crippen LogP contribution in [-0.2, 0) is 0 Å². The van der Waals surface area contributed by atoms with Gasteiger partial charge in [0.2, 0.25) is 0 Å². The first-order chi connectivity index (χ1) is 8.85. The molecule has 0 atom stereocenters. The van der Waals surface area contributed by atoms with E-state index in [1.165, 1.54) is 70.9 Å². The van der Waals surface area contributed by atoms with Crippen LogP contribution in [0.5, 0.6) is 0 Å². The molecule has 0 aromatic rings. The number of aliphatic imine (C=N–C) groups is 1. The minimum atomic E-state index is 1.01. The van der Waals surface area contributed by atoms with Gasteiger partial charge < -0.3 is 4.90 Å². The fourth-order valence-electron chi connectivity index (χ4n) is 1.98. The zero-order valence-electron chi connectivity index (χ0n) is 13.0. The molecule has 0 aliphatic heterocycles. The predicted octanol–water partition coefficient (Wildman–Crippen LogP) is 4.89. The van der Waals surface area contributed by atoms with Gasteiger partial charge in [0.15, 0.2) is 0 Å². The van der Waals surface area contributed by atoms with Crippen LogP contribution in [0.1, 0.15) is 78.6 Å². The van der Waals surface area contributed by atoms with Crippen LogP contribution < -0.4 is 0 Å². The highest BCUT2D eigenvalue weighted by atomic mass is 15.1. The minimum Gasteiger partial charge on any atom is -0.363 e. The first-order valence-electron chi connectivity index (χ1n) is 8.09. The van der Waals surface area contributed by atoms with E-state index in [9.17, 15) is 0 Å². The van der Waals surface area contributed by atoms with Gasteiger partial charge in [-0.2, -0.15) is 0 Å². The molecule has 0 spiro atoms. The Morgan fingerprint density at radius 3 is 1.72 bits per heavy atom. The van der Waals surface area contributed by atoms with Crippen molar-refractivity contribution < 1.29 is 0 Å². The lowest BCUT2D eigenvalue weighted by atomic mass is 10.2. The van der Waals surface area contributed by atoms with Crippen LogP contribution >= 0.6 is 0 Å². The average Bonchev–Trinajstić information content (AvgIpc) is 2.38. The number of hydrogen-bond acceptors (Lipinski definition) is 1. The van der Waals surface area contributed by atoms with Gasteiger partial charge in [-0.15, -0.1) is 0 Å². The van der Waals surface area contributed by atoms with Crippen molar-refractivity contribution in [2.45, 2.75) is 78.6 Å². The first kappa shape index (κ1) is 17.5. The Morgan fingerprint density at radius 2 is 1.22 bits per heavy atom. The standard InChI is InChI=1S/C16H34N2/c1-4-7-10-13-17-16-18(14-11-8-5-2)15-12-9-6-3/h16H,4-15H2,1-3H3. The van der Waals surface area contributed by atoms with Gasteiger partial charge in [0.1, 0.15) is 0 Å². The molecule has 0 amide bonds. The zero-order valence-corrected chi connectivity index (χ0v) is 13.0. The summed E-state index contributed by atoms with van der Waals surface area (Å²) in [5, 5.41) is 0. The maximum atomic E-state index is 4.57. The van der Waals surface area contributed by atoms with Crippen molar-refractivity contribution in [3.05, 3.63) is 0 Å². The van der Waals surface area contributed by atoms with Crippen LogP contribution in [0.25, 0.3) is 0 Å². The predicted molar refractivity (Wildman–Crippen MR) is 83.5 cm³/mol. The van der Waals surface area contributed by atoms with Crippen LogP contribution in [0, 0.1) is 0 Å². The van der Waals surface area contributed by atoms with Crippen molar-refractivity contribution in [2.75, 3.05) is 19.6 Å². The van der Waals surface area contributed by atoms with Crippen molar-refractivity contribution in [1.29, 1.82) is 0 Å². The summed E-state index contributed by atoms with van der Waals surface area (Å²) in [6.45, 7) is 10.2. The second-order valence-electron chi connectivity index (χ2n) is 5.18. The highest BCUT2D eigenvalue weighted by Gasteiger charge is 1.99. The molecular weight excluding hydrogens is 220 g/mol. The fourth-order valence-corrected chi connectivity index (χ4v) is 1.98. The van der Waals surface area contributed by atoms with Crippen molar-refractivity contribution in [2.24, 2.45) is 4.99 Å². The van der Waals surface area contributed by atoms with E-state index in [1.54, 1.807) is 0 Å². The van der Waals surface area contributed by atoms with Crippen LogP contribution in [0.2, 0.25) is 0 Å². The van der Waals surface area contributed by atoms with E-state index in [0.29, 0.717) is 0 Å². The second-order valence-corrected chi connectivity index (χ2v) is 5.18. The van der Waals surface area contributed by atoms with Crippen molar-refractivity contribution in [3.8, 4) is 0 Å². The molecule has 18 heavy (non-hydrogen) atoms. The lowest BCUT2D eigenvalue weighted by molar-refractivity contribution is 0.399. The summed E-state index contributed by atoms with van der Waals surface area (Å²) in [6, 6.07) is 0. The van der Waals surface area contributed by atoms with E-state index in [4.69, 9.17) is 0 Å². The molecule has 0 aliphatic carbocycles. The molecule has 108 valence electrons. The van der Waals surface area contributed by atoms with Crippen LogP contribution in [0.15, 0.2) is 4.99 Å². The molecule has 0 saturated heterocycles. The van der Waals surface area contributed by atoms with Gasteiger partial charge in [0.25, 0.3) is 0 Å². The number of hydrogen-bond donors (Lipinski definition) is 0. The molecule has 0 unspecified atom stereocenters. The van der Waals surface area contributed by atoms with Gasteiger partial charge >= 0.3 is 0 Å². The van der Waals surface area contributed by atoms with E-state index in [1.807, 2.05) is 0 Å². The number of rotatable bonds is 13. The number of unbranched alkanes of at least 4 members (excludes halogenated alkanes) is 6. The molecule has 2 heteroatoms. The maximum Gasteiger partial charge on any atom is 0.0849 e. The van der Waals surface area contributed by atoms with Gasteiger partial charge in [-0.25, -0.2) is 0 Å². The SMILES string of the molecule is CCCCCN=CN(CCCCC)CCCCC. The second kappa shape index (κ2) is 14.5. The fraction of sp³-hybridized carbons (Fsp3) is 0.938. The summed E-state index contributed by atoms with van der Waals surface area (Å²) >= 11 is 0. The summed E-state index contributed by atoms with van der Waals surface area (Å²) in [5.74, 6) is 0. The summed E-state index contributed by atoms with van der Waals surface area (Å²) in [4.78, 5) is 7.00. The molecule has 0 saturated carbocycles. The molecule has 0 N–H and O–H groups in total. The monoisotopic (exact) mass is 254 g/mol. The highest BCUT2D eigenvalue weighted by molar-refractivity contribution is 5.54.